The Bertz CT molecular complexity index is 436. The van der Waals surface area contributed by atoms with Crippen LogP contribution in [-0.2, 0) is 0 Å². The third kappa shape index (κ3) is 5.02. The molecule has 1 heterocycles. The van der Waals surface area contributed by atoms with Gasteiger partial charge in [-0.25, -0.2) is 0 Å². The van der Waals surface area contributed by atoms with Crippen LogP contribution in [0.25, 0.3) is 0 Å². The summed E-state index contributed by atoms with van der Waals surface area (Å²) in [4.78, 5) is 15.6. The van der Waals surface area contributed by atoms with E-state index in [-0.39, 0.29) is 0 Å². The van der Waals surface area contributed by atoms with E-state index in [9.17, 15) is 0 Å². The molecule has 118 valence electrons. The Morgan fingerprint density at radius 3 is 2.57 bits per heavy atom. The number of anilines is 2. The molecule has 6 heteroatoms. The summed E-state index contributed by atoms with van der Waals surface area (Å²) in [7, 11) is 0. The Morgan fingerprint density at radius 2 is 1.95 bits per heavy atom. The third-order valence-corrected chi connectivity index (χ3v) is 3.33. The van der Waals surface area contributed by atoms with E-state index < -0.39 is 0 Å². The zero-order valence-electron chi connectivity index (χ0n) is 13.4. The Kier molecular flexibility index (Phi) is 6.02. The molecule has 6 nitrogen and oxygen atoms in total. The summed E-state index contributed by atoms with van der Waals surface area (Å²) in [6.45, 7) is 9.71. The monoisotopic (exact) mass is 293 g/mol. The van der Waals surface area contributed by atoms with Gasteiger partial charge >= 0.3 is 6.01 Å². The minimum Gasteiger partial charge on any atom is -0.463 e. The second-order valence-corrected chi connectivity index (χ2v) is 5.51. The first-order valence-corrected chi connectivity index (χ1v) is 8.14. The largest absolute Gasteiger partial charge is 0.463 e. The molecule has 1 aromatic heterocycles. The van der Waals surface area contributed by atoms with Crippen molar-refractivity contribution in [2.24, 2.45) is 5.92 Å². The molecule has 1 aliphatic rings. The quantitative estimate of drug-likeness (QED) is 0.715. The van der Waals surface area contributed by atoms with Crippen LogP contribution in [0.3, 0.4) is 0 Å². The van der Waals surface area contributed by atoms with E-state index >= 15 is 0 Å². The van der Waals surface area contributed by atoms with Crippen LogP contribution >= 0.6 is 0 Å². The van der Waals surface area contributed by atoms with E-state index in [1.54, 1.807) is 0 Å². The normalized spacial score (nSPS) is 14.0. The molecule has 1 aromatic rings. The first kappa shape index (κ1) is 15.8. The fourth-order valence-electron chi connectivity index (χ4n) is 2.14. The van der Waals surface area contributed by atoms with Crippen LogP contribution < -0.4 is 15.0 Å². The predicted octanol–water partition coefficient (Wildman–Crippen LogP) is 2.72. The lowest BCUT2D eigenvalue weighted by atomic mass is 10.3. The number of ether oxygens (including phenoxy) is 1. The smallest absolute Gasteiger partial charge is 0.323 e. The van der Waals surface area contributed by atoms with Crippen molar-refractivity contribution < 1.29 is 4.74 Å². The van der Waals surface area contributed by atoms with Crippen LogP contribution in [-0.4, -0.2) is 41.2 Å². The highest BCUT2D eigenvalue weighted by atomic mass is 16.5. The van der Waals surface area contributed by atoms with Crippen LogP contribution in [0.15, 0.2) is 0 Å². The highest BCUT2D eigenvalue weighted by molar-refractivity contribution is 5.38. The lowest BCUT2D eigenvalue weighted by Gasteiger charge is -2.22. The Labute approximate surface area is 127 Å². The van der Waals surface area contributed by atoms with E-state index in [1.165, 1.54) is 12.8 Å². The molecule has 0 saturated heterocycles. The van der Waals surface area contributed by atoms with Crippen molar-refractivity contribution in [3.05, 3.63) is 0 Å². The summed E-state index contributed by atoms with van der Waals surface area (Å²) < 4.78 is 5.60. The molecular weight excluding hydrogens is 266 g/mol. The van der Waals surface area contributed by atoms with Gasteiger partial charge in [0.1, 0.15) is 0 Å². The average molecular weight is 293 g/mol. The van der Waals surface area contributed by atoms with E-state index in [0.29, 0.717) is 18.6 Å². The molecule has 1 aliphatic carbocycles. The maximum Gasteiger partial charge on any atom is 0.323 e. The van der Waals surface area contributed by atoms with Crippen molar-refractivity contribution in [3.63, 3.8) is 0 Å². The van der Waals surface area contributed by atoms with Crippen molar-refractivity contribution in [2.75, 3.05) is 36.5 Å². The van der Waals surface area contributed by atoms with E-state index in [2.05, 4.69) is 39.0 Å². The van der Waals surface area contributed by atoms with Gasteiger partial charge in [-0.05, 0) is 38.5 Å². The van der Waals surface area contributed by atoms with Gasteiger partial charge in [0.15, 0.2) is 0 Å². The van der Waals surface area contributed by atoms with Gasteiger partial charge < -0.3 is 15.0 Å². The summed E-state index contributed by atoms with van der Waals surface area (Å²) in [5.74, 6) is 2.14. The first-order chi connectivity index (χ1) is 10.3. The summed E-state index contributed by atoms with van der Waals surface area (Å²) in [5, 5.41) is 3.16. The molecule has 1 saturated carbocycles. The van der Waals surface area contributed by atoms with Crippen molar-refractivity contribution >= 4 is 11.9 Å². The summed E-state index contributed by atoms with van der Waals surface area (Å²) in [5.41, 5.74) is 0. The van der Waals surface area contributed by atoms with Crippen molar-refractivity contribution in [2.45, 2.75) is 46.5 Å². The minimum atomic E-state index is 0.426. The van der Waals surface area contributed by atoms with Crippen molar-refractivity contribution in [1.82, 2.24) is 15.0 Å². The molecule has 0 aliphatic heterocycles. The van der Waals surface area contributed by atoms with Crippen LogP contribution in [0.4, 0.5) is 11.9 Å². The minimum absolute atomic E-state index is 0.426. The van der Waals surface area contributed by atoms with Crippen LogP contribution in [0, 0.1) is 5.92 Å². The number of hydrogen-bond donors (Lipinski definition) is 1. The number of aromatic nitrogens is 3. The first-order valence-electron chi connectivity index (χ1n) is 8.14. The van der Waals surface area contributed by atoms with Gasteiger partial charge in [0.2, 0.25) is 11.9 Å². The van der Waals surface area contributed by atoms with Crippen LogP contribution in [0.2, 0.25) is 0 Å². The van der Waals surface area contributed by atoms with Gasteiger partial charge in [-0.15, -0.1) is 0 Å². The molecular formula is C15H27N5O. The zero-order valence-corrected chi connectivity index (χ0v) is 13.4. The van der Waals surface area contributed by atoms with E-state index in [4.69, 9.17) is 4.74 Å². The molecule has 1 N–H and O–H groups in total. The Balaban J connectivity index is 2.17. The number of hydrogen-bond acceptors (Lipinski definition) is 6. The number of nitrogens with one attached hydrogen (secondary N) is 1. The lowest BCUT2D eigenvalue weighted by Crippen LogP contribution is -2.29. The number of rotatable bonds is 10. The molecule has 0 amide bonds. The van der Waals surface area contributed by atoms with E-state index in [1.807, 2.05) is 6.92 Å². The Hall–Kier alpha value is -1.59. The Morgan fingerprint density at radius 1 is 1.14 bits per heavy atom. The van der Waals surface area contributed by atoms with Crippen molar-refractivity contribution in [1.29, 1.82) is 0 Å². The van der Waals surface area contributed by atoms with Crippen LogP contribution in [0.5, 0.6) is 6.01 Å². The highest BCUT2D eigenvalue weighted by Crippen LogP contribution is 2.31. The lowest BCUT2D eigenvalue weighted by molar-refractivity contribution is 0.291. The van der Waals surface area contributed by atoms with Gasteiger partial charge in [-0.3, -0.25) is 0 Å². The van der Waals surface area contributed by atoms with E-state index in [0.717, 1.165) is 44.3 Å². The summed E-state index contributed by atoms with van der Waals surface area (Å²) in [6.07, 6.45) is 4.67. The predicted molar refractivity (Wildman–Crippen MR) is 85.0 cm³/mol. The molecule has 21 heavy (non-hydrogen) atoms. The van der Waals surface area contributed by atoms with Crippen molar-refractivity contribution in [3.8, 4) is 6.01 Å². The van der Waals surface area contributed by atoms with Gasteiger partial charge in [-0.1, -0.05) is 13.8 Å². The third-order valence-electron chi connectivity index (χ3n) is 3.33. The van der Waals surface area contributed by atoms with Gasteiger partial charge in [0.05, 0.1) is 6.61 Å². The van der Waals surface area contributed by atoms with Gasteiger partial charge in [0.25, 0.3) is 0 Å². The molecule has 0 unspecified atom stereocenters. The molecule has 1 fully saturated rings. The fraction of sp³-hybridized carbons (Fsp3) is 0.800. The summed E-state index contributed by atoms with van der Waals surface area (Å²) in [6, 6.07) is 0.426. The molecule has 0 bridgehead atoms. The second-order valence-electron chi connectivity index (χ2n) is 5.51. The standard InChI is InChI=1S/C15H27N5O/c1-4-9-20(11-12-7-8-12)14-17-13(16-6-3)18-15(19-14)21-10-5-2/h12H,4-11H2,1-3H3,(H,16,17,18,19). The van der Waals surface area contributed by atoms with Gasteiger partial charge in [0, 0.05) is 19.6 Å². The molecule has 2 rings (SSSR count). The van der Waals surface area contributed by atoms with Crippen LogP contribution in [0.1, 0.15) is 46.5 Å². The summed E-state index contributed by atoms with van der Waals surface area (Å²) >= 11 is 0. The zero-order chi connectivity index (χ0) is 15.1. The second kappa shape index (κ2) is 8.00. The average Bonchev–Trinajstić information content (AvgIpc) is 3.29. The molecule has 0 spiro atoms. The van der Waals surface area contributed by atoms with Gasteiger partial charge in [-0.2, -0.15) is 15.0 Å². The highest BCUT2D eigenvalue weighted by Gasteiger charge is 2.26. The fourth-order valence-corrected chi connectivity index (χ4v) is 2.14. The maximum atomic E-state index is 5.60. The molecule has 0 radical (unpaired) electrons. The molecule has 0 atom stereocenters. The maximum absolute atomic E-state index is 5.60. The molecule has 0 aromatic carbocycles. The topological polar surface area (TPSA) is 63.2 Å². The SMILES string of the molecule is CCCOc1nc(NCC)nc(N(CCC)CC2CC2)n1. The number of nitrogens with zero attached hydrogens (tertiary/aromatic N) is 4.